The van der Waals surface area contributed by atoms with Crippen LogP contribution in [-0.2, 0) is 6.54 Å². The second kappa shape index (κ2) is 6.87. The maximum Gasteiger partial charge on any atom is 0.191 e. The van der Waals surface area contributed by atoms with Crippen LogP contribution in [0.1, 0.15) is 29.2 Å². The Morgan fingerprint density at radius 1 is 1.26 bits per heavy atom. The number of aliphatic imine (C=N–C) groups is 1. The summed E-state index contributed by atoms with van der Waals surface area (Å²) in [5.41, 5.74) is 2.10. The number of thiophene rings is 1. The SMILES string of the molecule is CN=C(NCc1oc2ccccc2c1C)NC(C)c1cccs1. The molecule has 5 heteroatoms. The van der Waals surface area contributed by atoms with Crippen molar-refractivity contribution in [1.29, 1.82) is 0 Å². The molecule has 0 radical (unpaired) electrons. The molecule has 0 spiro atoms. The van der Waals surface area contributed by atoms with Crippen molar-refractivity contribution in [2.24, 2.45) is 4.99 Å². The maximum absolute atomic E-state index is 5.93. The quantitative estimate of drug-likeness (QED) is 0.557. The van der Waals surface area contributed by atoms with Gasteiger partial charge in [-0.25, -0.2) is 0 Å². The summed E-state index contributed by atoms with van der Waals surface area (Å²) in [6, 6.07) is 12.5. The molecule has 0 saturated carbocycles. The number of aryl methyl sites for hydroxylation is 1. The maximum atomic E-state index is 5.93. The van der Waals surface area contributed by atoms with E-state index in [1.165, 1.54) is 15.8 Å². The predicted octanol–water partition coefficient (Wildman–Crippen LogP) is 4.23. The molecule has 0 aliphatic carbocycles. The van der Waals surface area contributed by atoms with Gasteiger partial charge < -0.3 is 15.1 Å². The Bertz CT molecular complexity index is 805. The summed E-state index contributed by atoms with van der Waals surface area (Å²) in [5, 5.41) is 9.98. The molecule has 0 fully saturated rings. The van der Waals surface area contributed by atoms with Crippen molar-refractivity contribution in [3.05, 3.63) is 58.0 Å². The molecule has 3 aromatic rings. The van der Waals surface area contributed by atoms with Crippen molar-refractivity contribution in [3.63, 3.8) is 0 Å². The highest BCUT2D eigenvalue weighted by Crippen LogP contribution is 2.24. The lowest BCUT2D eigenvalue weighted by atomic mass is 10.1. The van der Waals surface area contributed by atoms with Crippen LogP contribution in [0.2, 0.25) is 0 Å². The minimum atomic E-state index is 0.220. The van der Waals surface area contributed by atoms with Crippen molar-refractivity contribution < 1.29 is 4.42 Å². The first kappa shape index (κ1) is 15.6. The van der Waals surface area contributed by atoms with E-state index in [9.17, 15) is 0 Å². The van der Waals surface area contributed by atoms with E-state index in [0.29, 0.717) is 6.54 Å². The Kier molecular flexibility index (Phi) is 4.67. The molecule has 0 saturated heterocycles. The highest BCUT2D eigenvalue weighted by molar-refractivity contribution is 7.10. The summed E-state index contributed by atoms with van der Waals surface area (Å²) in [6.07, 6.45) is 0. The smallest absolute Gasteiger partial charge is 0.191 e. The third-order valence-corrected chi connectivity index (χ3v) is 4.96. The number of nitrogens with one attached hydrogen (secondary N) is 2. The highest BCUT2D eigenvalue weighted by Gasteiger charge is 2.12. The molecule has 2 aromatic heterocycles. The molecule has 3 rings (SSSR count). The van der Waals surface area contributed by atoms with Crippen molar-refractivity contribution >= 4 is 28.3 Å². The lowest BCUT2D eigenvalue weighted by Crippen LogP contribution is -2.38. The van der Waals surface area contributed by atoms with Gasteiger partial charge in [-0.05, 0) is 31.4 Å². The molecule has 23 heavy (non-hydrogen) atoms. The summed E-state index contributed by atoms with van der Waals surface area (Å²) in [4.78, 5) is 5.58. The molecule has 2 N–H and O–H groups in total. The van der Waals surface area contributed by atoms with Crippen molar-refractivity contribution in [1.82, 2.24) is 10.6 Å². The number of furan rings is 1. The molecule has 0 amide bonds. The van der Waals surface area contributed by atoms with E-state index in [-0.39, 0.29) is 6.04 Å². The van der Waals surface area contributed by atoms with Gasteiger partial charge in [0.05, 0.1) is 12.6 Å². The molecule has 1 aromatic carbocycles. The third-order valence-electron chi connectivity index (χ3n) is 3.91. The van der Waals surface area contributed by atoms with Crippen LogP contribution < -0.4 is 10.6 Å². The Morgan fingerprint density at radius 3 is 2.78 bits per heavy atom. The van der Waals surface area contributed by atoms with E-state index in [0.717, 1.165) is 17.3 Å². The number of para-hydroxylation sites is 1. The first-order chi connectivity index (χ1) is 11.2. The molecule has 4 nitrogen and oxygen atoms in total. The first-order valence-electron chi connectivity index (χ1n) is 7.66. The molecule has 0 aliphatic rings. The standard InChI is InChI=1S/C18H21N3OS/c1-12-14-7-4-5-8-15(14)22-16(12)11-20-18(19-3)21-13(2)17-9-6-10-23-17/h4-10,13H,11H2,1-3H3,(H2,19,20,21). The summed E-state index contributed by atoms with van der Waals surface area (Å²) < 4.78 is 5.93. The van der Waals surface area contributed by atoms with Gasteiger partial charge in [-0.15, -0.1) is 11.3 Å². The van der Waals surface area contributed by atoms with Crippen LogP contribution in [0.5, 0.6) is 0 Å². The Balaban J connectivity index is 1.66. The second-order valence-corrected chi connectivity index (χ2v) is 6.43. The third kappa shape index (κ3) is 3.40. The zero-order valence-electron chi connectivity index (χ0n) is 13.6. The number of rotatable bonds is 4. The van der Waals surface area contributed by atoms with Crippen LogP contribution in [-0.4, -0.2) is 13.0 Å². The number of hydrogen-bond donors (Lipinski definition) is 2. The Hall–Kier alpha value is -2.27. The van der Waals surface area contributed by atoms with Crippen LogP contribution in [0.25, 0.3) is 11.0 Å². The predicted molar refractivity (Wildman–Crippen MR) is 97.0 cm³/mol. The van der Waals surface area contributed by atoms with Gasteiger partial charge in [0.2, 0.25) is 0 Å². The summed E-state index contributed by atoms with van der Waals surface area (Å²) in [6.45, 7) is 4.83. The van der Waals surface area contributed by atoms with Gasteiger partial charge in [-0.1, -0.05) is 24.3 Å². The van der Waals surface area contributed by atoms with Crippen LogP contribution in [0.3, 0.4) is 0 Å². The fourth-order valence-corrected chi connectivity index (χ4v) is 3.30. The van der Waals surface area contributed by atoms with Crippen LogP contribution in [0.4, 0.5) is 0 Å². The number of guanidine groups is 1. The van der Waals surface area contributed by atoms with E-state index >= 15 is 0 Å². The normalized spacial score (nSPS) is 13.3. The number of fused-ring (bicyclic) bond motifs is 1. The fraction of sp³-hybridized carbons (Fsp3) is 0.278. The lowest BCUT2D eigenvalue weighted by molar-refractivity contribution is 0.533. The van der Waals surface area contributed by atoms with Gasteiger partial charge >= 0.3 is 0 Å². The molecule has 1 atom stereocenters. The average Bonchev–Trinajstić information content (AvgIpc) is 3.20. The van der Waals surface area contributed by atoms with E-state index in [1.807, 2.05) is 18.2 Å². The van der Waals surface area contributed by atoms with Gasteiger partial charge in [0.15, 0.2) is 5.96 Å². The minimum Gasteiger partial charge on any atom is -0.459 e. The van der Waals surface area contributed by atoms with E-state index in [1.54, 1.807) is 18.4 Å². The van der Waals surface area contributed by atoms with Crippen molar-refractivity contribution in [2.75, 3.05) is 7.05 Å². The summed E-state index contributed by atoms with van der Waals surface area (Å²) in [5.74, 6) is 1.71. The first-order valence-corrected chi connectivity index (χ1v) is 8.54. The molecule has 2 heterocycles. The monoisotopic (exact) mass is 327 g/mol. The van der Waals surface area contributed by atoms with E-state index in [4.69, 9.17) is 4.42 Å². The van der Waals surface area contributed by atoms with Gasteiger partial charge in [-0.2, -0.15) is 0 Å². The summed E-state index contributed by atoms with van der Waals surface area (Å²) in [7, 11) is 1.78. The zero-order chi connectivity index (χ0) is 16.2. The number of hydrogen-bond acceptors (Lipinski definition) is 3. The van der Waals surface area contributed by atoms with E-state index in [2.05, 4.69) is 53.1 Å². The highest BCUT2D eigenvalue weighted by atomic mass is 32.1. The molecule has 120 valence electrons. The molecule has 0 bridgehead atoms. The van der Waals surface area contributed by atoms with Gasteiger partial charge in [0, 0.05) is 22.9 Å². The van der Waals surface area contributed by atoms with Crippen molar-refractivity contribution in [3.8, 4) is 0 Å². The molecule has 1 unspecified atom stereocenters. The molecular weight excluding hydrogens is 306 g/mol. The average molecular weight is 327 g/mol. The number of nitrogens with zero attached hydrogens (tertiary/aromatic N) is 1. The molecule has 0 aliphatic heterocycles. The largest absolute Gasteiger partial charge is 0.459 e. The van der Waals surface area contributed by atoms with E-state index < -0.39 is 0 Å². The van der Waals surface area contributed by atoms with Gasteiger partial charge in [0.1, 0.15) is 11.3 Å². The topological polar surface area (TPSA) is 49.6 Å². The minimum absolute atomic E-state index is 0.220. The Morgan fingerprint density at radius 2 is 2.09 bits per heavy atom. The van der Waals surface area contributed by atoms with Gasteiger partial charge in [0.25, 0.3) is 0 Å². The second-order valence-electron chi connectivity index (χ2n) is 5.45. The van der Waals surface area contributed by atoms with Gasteiger partial charge in [-0.3, -0.25) is 4.99 Å². The zero-order valence-corrected chi connectivity index (χ0v) is 14.4. The Labute approximate surface area is 140 Å². The van der Waals surface area contributed by atoms with Crippen LogP contribution in [0, 0.1) is 6.92 Å². The van der Waals surface area contributed by atoms with Crippen LogP contribution >= 0.6 is 11.3 Å². The fourth-order valence-electron chi connectivity index (χ4n) is 2.57. The van der Waals surface area contributed by atoms with Crippen LogP contribution in [0.15, 0.2) is 51.2 Å². The van der Waals surface area contributed by atoms with Crippen molar-refractivity contribution in [2.45, 2.75) is 26.4 Å². The number of benzene rings is 1. The molecular formula is C18H21N3OS. The summed E-state index contributed by atoms with van der Waals surface area (Å²) >= 11 is 1.74. The lowest BCUT2D eigenvalue weighted by Gasteiger charge is -2.16.